The monoisotopic (exact) mass is 327 g/mol. The third kappa shape index (κ3) is 7.52. The van der Waals surface area contributed by atoms with E-state index in [2.05, 4.69) is 10.1 Å². The summed E-state index contributed by atoms with van der Waals surface area (Å²) in [6.45, 7) is -0.246. The van der Waals surface area contributed by atoms with Crippen LogP contribution in [0.2, 0.25) is 5.02 Å². The first-order chi connectivity index (χ1) is 9.94. The Morgan fingerprint density at radius 2 is 2.05 bits per heavy atom. The molecule has 0 aliphatic rings. The highest BCUT2D eigenvalue weighted by Gasteiger charge is 2.27. The first kappa shape index (κ1) is 18.0. The van der Waals surface area contributed by atoms with E-state index in [0.717, 1.165) is 5.56 Å². The lowest BCUT2D eigenvalue weighted by Crippen LogP contribution is -2.20. The molecule has 0 unspecified atom stereocenters. The number of benzene rings is 1. The third-order valence-corrected chi connectivity index (χ3v) is 2.70. The molecular formula is C13H17ClF3NO3. The van der Waals surface area contributed by atoms with E-state index >= 15 is 0 Å². The van der Waals surface area contributed by atoms with Crippen molar-refractivity contribution in [3.63, 3.8) is 0 Å². The van der Waals surface area contributed by atoms with Crippen LogP contribution in [0.25, 0.3) is 0 Å². The SMILES string of the molecule is COCCNCc1cccc(Cl)c1OCOCC(F)(F)F. The number of ether oxygens (including phenoxy) is 3. The molecule has 0 amide bonds. The van der Waals surface area contributed by atoms with E-state index < -0.39 is 19.6 Å². The molecule has 1 rings (SSSR count). The van der Waals surface area contributed by atoms with Gasteiger partial charge in [0.1, 0.15) is 12.4 Å². The molecule has 0 radical (unpaired) electrons. The van der Waals surface area contributed by atoms with E-state index in [-0.39, 0.29) is 0 Å². The fourth-order valence-electron chi connectivity index (χ4n) is 1.51. The normalized spacial score (nSPS) is 11.7. The molecule has 1 N–H and O–H groups in total. The highest BCUT2D eigenvalue weighted by Crippen LogP contribution is 2.28. The summed E-state index contributed by atoms with van der Waals surface area (Å²) in [5, 5.41) is 3.42. The largest absolute Gasteiger partial charge is 0.466 e. The molecule has 0 aromatic heterocycles. The molecule has 0 spiro atoms. The predicted molar refractivity (Wildman–Crippen MR) is 72.5 cm³/mol. The zero-order valence-corrected chi connectivity index (χ0v) is 12.3. The quantitative estimate of drug-likeness (QED) is 0.559. The lowest BCUT2D eigenvalue weighted by molar-refractivity contribution is -0.186. The number of alkyl halides is 3. The minimum Gasteiger partial charge on any atom is -0.466 e. The summed E-state index contributed by atoms with van der Waals surface area (Å²) in [5.74, 6) is 0.311. The van der Waals surface area contributed by atoms with Crippen molar-refractivity contribution < 1.29 is 27.4 Å². The van der Waals surface area contributed by atoms with Crippen molar-refractivity contribution in [2.75, 3.05) is 33.7 Å². The second-order valence-corrected chi connectivity index (χ2v) is 4.53. The molecule has 8 heteroatoms. The molecule has 0 bridgehead atoms. The summed E-state index contributed by atoms with van der Waals surface area (Å²) in [4.78, 5) is 0. The van der Waals surface area contributed by atoms with E-state index in [1.807, 2.05) is 0 Å². The van der Waals surface area contributed by atoms with Crippen molar-refractivity contribution in [3.8, 4) is 5.75 Å². The van der Waals surface area contributed by atoms with E-state index in [0.29, 0.717) is 30.5 Å². The Morgan fingerprint density at radius 1 is 1.29 bits per heavy atom. The maximum atomic E-state index is 12.0. The fraction of sp³-hybridized carbons (Fsp3) is 0.538. The topological polar surface area (TPSA) is 39.7 Å². The van der Waals surface area contributed by atoms with Crippen molar-refractivity contribution in [1.29, 1.82) is 0 Å². The van der Waals surface area contributed by atoms with E-state index in [9.17, 15) is 13.2 Å². The standard InChI is InChI=1S/C13H17ClF3NO3/c1-19-6-5-18-7-10-3-2-4-11(14)12(10)21-9-20-8-13(15,16)17/h2-4,18H,5-9H2,1H3. The summed E-state index contributed by atoms with van der Waals surface area (Å²) in [6, 6.07) is 5.10. The molecule has 1 aromatic carbocycles. The number of methoxy groups -OCH3 is 1. The highest BCUT2D eigenvalue weighted by molar-refractivity contribution is 6.32. The lowest BCUT2D eigenvalue weighted by Gasteiger charge is -2.14. The Hall–Kier alpha value is -1.02. The Labute approximate surface area is 126 Å². The summed E-state index contributed by atoms with van der Waals surface area (Å²) >= 11 is 5.98. The summed E-state index contributed by atoms with van der Waals surface area (Å²) in [7, 11) is 1.59. The van der Waals surface area contributed by atoms with Gasteiger partial charge in [0.05, 0.1) is 11.6 Å². The van der Waals surface area contributed by atoms with Crippen molar-refractivity contribution in [2.45, 2.75) is 12.7 Å². The number of hydrogen-bond acceptors (Lipinski definition) is 4. The number of halogens is 4. The molecule has 0 saturated heterocycles. The molecule has 1 aromatic rings. The molecule has 0 saturated carbocycles. The smallest absolute Gasteiger partial charge is 0.411 e. The van der Waals surface area contributed by atoms with Crippen molar-refractivity contribution in [3.05, 3.63) is 28.8 Å². The summed E-state index contributed by atoms with van der Waals surface area (Å²) in [6.07, 6.45) is -4.38. The van der Waals surface area contributed by atoms with Crippen LogP contribution in [0, 0.1) is 0 Å². The van der Waals surface area contributed by atoms with Crippen molar-refractivity contribution >= 4 is 11.6 Å². The average molecular weight is 328 g/mol. The van der Waals surface area contributed by atoms with Gasteiger partial charge in [-0.15, -0.1) is 0 Å². The van der Waals surface area contributed by atoms with Crippen molar-refractivity contribution in [1.82, 2.24) is 5.32 Å². The van der Waals surface area contributed by atoms with E-state index in [1.165, 1.54) is 0 Å². The molecule has 0 aliphatic carbocycles. The second kappa shape index (κ2) is 9.09. The molecule has 21 heavy (non-hydrogen) atoms. The maximum absolute atomic E-state index is 12.0. The van der Waals surface area contributed by atoms with Crippen LogP contribution in [-0.2, 0) is 16.0 Å². The number of hydrogen-bond donors (Lipinski definition) is 1. The molecule has 0 atom stereocenters. The van der Waals surface area contributed by atoms with Gasteiger partial charge >= 0.3 is 6.18 Å². The molecule has 0 fully saturated rings. The van der Waals surface area contributed by atoms with Gasteiger partial charge in [-0.25, -0.2) is 0 Å². The number of nitrogens with one attached hydrogen (secondary N) is 1. The van der Waals surface area contributed by atoms with Crippen LogP contribution < -0.4 is 10.1 Å². The number of para-hydroxylation sites is 1. The van der Waals surface area contributed by atoms with Gasteiger partial charge in [-0.1, -0.05) is 23.7 Å². The van der Waals surface area contributed by atoms with Crippen LogP contribution in [0.15, 0.2) is 18.2 Å². The predicted octanol–water partition coefficient (Wildman–Crippen LogP) is 2.99. The molecule has 0 aliphatic heterocycles. The zero-order valence-electron chi connectivity index (χ0n) is 11.5. The maximum Gasteiger partial charge on any atom is 0.411 e. The lowest BCUT2D eigenvalue weighted by atomic mass is 10.2. The minimum absolute atomic E-state index is 0.311. The van der Waals surface area contributed by atoms with Gasteiger partial charge in [-0.05, 0) is 6.07 Å². The molecular weight excluding hydrogens is 311 g/mol. The van der Waals surface area contributed by atoms with Crippen molar-refractivity contribution in [2.24, 2.45) is 0 Å². The van der Waals surface area contributed by atoms with Gasteiger partial charge in [0, 0.05) is 25.8 Å². The molecule has 4 nitrogen and oxygen atoms in total. The first-order valence-electron chi connectivity index (χ1n) is 6.18. The minimum atomic E-state index is -4.38. The van der Waals surface area contributed by atoms with Crippen LogP contribution in [-0.4, -0.2) is 39.8 Å². The third-order valence-electron chi connectivity index (χ3n) is 2.40. The Bertz CT molecular complexity index is 430. The summed E-state index contributed by atoms with van der Waals surface area (Å²) in [5.41, 5.74) is 0.731. The second-order valence-electron chi connectivity index (χ2n) is 4.12. The van der Waals surface area contributed by atoms with Crippen LogP contribution in [0.5, 0.6) is 5.75 Å². The molecule has 120 valence electrons. The van der Waals surface area contributed by atoms with E-state index in [4.69, 9.17) is 21.1 Å². The molecule has 0 heterocycles. The van der Waals surface area contributed by atoms with E-state index in [1.54, 1.807) is 25.3 Å². The van der Waals surface area contributed by atoms with Crippen LogP contribution in [0.4, 0.5) is 13.2 Å². The highest BCUT2D eigenvalue weighted by atomic mass is 35.5. The number of rotatable bonds is 9. The Morgan fingerprint density at radius 3 is 2.71 bits per heavy atom. The fourth-order valence-corrected chi connectivity index (χ4v) is 1.76. The first-order valence-corrected chi connectivity index (χ1v) is 6.56. The van der Waals surface area contributed by atoms with Gasteiger partial charge in [0.15, 0.2) is 6.79 Å². The zero-order chi connectivity index (χ0) is 15.7. The van der Waals surface area contributed by atoms with Gasteiger partial charge in [-0.3, -0.25) is 0 Å². The van der Waals surface area contributed by atoms with Crippen LogP contribution in [0.3, 0.4) is 0 Å². The Balaban J connectivity index is 2.51. The average Bonchev–Trinajstić information content (AvgIpc) is 2.40. The van der Waals surface area contributed by atoms with Gasteiger partial charge < -0.3 is 19.5 Å². The van der Waals surface area contributed by atoms with Crippen LogP contribution in [0.1, 0.15) is 5.56 Å². The van der Waals surface area contributed by atoms with Gasteiger partial charge in [-0.2, -0.15) is 13.2 Å². The van der Waals surface area contributed by atoms with Crippen LogP contribution >= 0.6 is 11.6 Å². The summed E-state index contributed by atoms with van der Waals surface area (Å²) < 4.78 is 50.4. The van der Waals surface area contributed by atoms with Gasteiger partial charge in [0.25, 0.3) is 0 Å². The Kier molecular flexibility index (Phi) is 7.81. The van der Waals surface area contributed by atoms with Gasteiger partial charge in [0.2, 0.25) is 0 Å².